The Hall–Kier alpha value is -3.06. The van der Waals surface area contributed by atoms with Crippen molar-refractivity contribution in [2.75, 3.05) is 11.9 Å². The van der Waals surface area contributed by atoms with Crippen LogP contribution in [0.25, 0.3) is 6.08 Å². The van der Waals surface area contributed by atoms with Crippen molar-refractivity contribution < 1.29 is 9.53 Å². The zero-order chi connectivity index (χ0) is 17.4. The van der Waals surface area contributed by atoms with E-state index in [4.69, 9.17) is 4.74 Å². The number of amides is 1. The van der Waals surface area contributed by atoms with Crippen molar-refractivity contribution in [1.82, 2.24) is 0 Å². The Morgan fingerprint density at radius 2 is 1.79 bits per heavy atom. The summed E-state index contributed by atoms with van der Waals surface area (Å²) in [6.45, 7) is 4.58. The highest BCUT2D eigenvalue weighted by Crippen LogP contribution is 2.17. The summed E-state index contributed by atoms with van der Waals surface area (Å²) in [4.78, 5) is 12.2. The van der Waals surface area contributed by atoms with Crippen LogP contribution in [0.1, 0.15) is 25.0 Å². The Balaban J connectivity index is 2.10. The zero-order valence-electron chi connectivity index (χ0n) is 13.9. The van der Waals surface area contributed by atoms with Crippen LogP contribution >= 0.6 is 0 Å². The van der Waals surface area contributed by atoms with Gasteiger partial charge in [-0.25, -0.2) is 0 Å². The van der Waals surface area contributed by atoms with E-state index in [9.17, 15) is 10.1 Å². The van der Waals surface area contributed by atoms with Crippen LogP contribution in [0.4, 0.5) is 5.69 Å². The molecular formula is C20H20N2O2. The molecule has 2 aromatic rings. The van der Waals surface area contributed by atoms with Crippen LogP contribution < -0.4 is 10.1 Å². The first-order valence-electron chi connectivity index (χ1n) is 7.91. The van der Waals surface area contributed by atoms with Crippen molar-refractivity contribution >= 4 is 17.7 Å². The van der Waals surface area contributed by atoms with E-state index in [0.29, 0.717) is 12.3 Å². The number of carbonyl (C=O) groups is 1. The number of rotatable bonds is 6. The molecule has 1 amide bonds. The number of aryl methyl sites for hydroxylation is 1. The number of nitriles is 1. The van der Waals surface area contributed by atoms with Gasteiger partial charge in [0.25, 0.3) is 5.91 Å². The molecule has 0 heterocycles. The Bertz CT molecular complexity index is 754. The molecule has 24 heavy (non-hydrogen) atoms. The largest absolute Gasteiger partial charge is 0.494 e. The maximum absolute atomic E-state index is 12.2. The van der Waals surface area contributed by atoms with Gasteiger partial charge in [0.2, 0.25) is 0 Å². The standard InChI is InChI=1S/C20H20N2O2/c1-3-15-5-7-16(8-6-15)13-17(14-21)20(23)22-18-9-11-19(12-10-18)24-4-2/h5-13H,3-4H2,1-2H3,(H,22,23)/b17-13+. The lowest BCUT2D eigenvalue weighted by Gasteiger charge is -2.06. The fourth-order valence-electron chi connectivity index (χ4n) is 2.16. The molecule has 0 atom stereocenters. The summed E-state index contributed by atoms with van der Waals surface area (Å²) in [7, 11) is 0. The quantitative estimate of drug-likeness (QED) is 0.641. The van der Waals surface area contributed by atoms with Gasteiger partial charge in [-0.3, -0.25) is 4.79 Å². The van der Waals surface area contributed by atoms with E-state index in [1.807, 2.05) is 37.3 Å². The molecule has 4 nitrogen and oxygen atoms in total. The zero-order valence-corrected chi connectivity index (χ0v) is 13.9. The minimum atomic E-state index is -0.429. The predicted molar refractivity (Wildman–Crippen MR) is 95.7 cm³/mol. The minimum absolute atomic E-state index is 0.0631. The highest BCUT2D eigenvalue weighted by molar-refractivity contribution is 6.09. The van der Waals surface area contributed by atoms with E-state index >= 15 is 0 Å². The smallest absolute Gasteiger partial charge is 0.266 e. The molecule has 0 fully saturated rings. The summed E-state index contributed by atoms with van der Waals surface area (Å²) in [6, 6.07) is 16.8. The monoisotopic (exact) mass is 320 g/mol. The number of hydrogen-bond donors (Lipinski definition) is 1. The highest BCUT2D eigenvalue weighted by Gasteiger charge is 2.09. The average molecular weight is 320 g/mol. The van der Waals surface area contributed by atoms with Crippen molar-refractivity contribution in [3.05, 3.63) is 65.2 Å². The van der Waals surface area contributed by atoms with Crippen LogP contribution in [-0.2, 0) is 11.2 Å². The first-order chi connectivity index (χ1) is 11.7. The van der Waals surface area contributed by atoms with Gasteiger partial charge in [0.15, 0.2) is 0 Å². The van der Waals surface area contributed by atoms with Gasteiger partial charge < -0.3 is 10.1 Å². The Morgan fingerprint density at radius 1 is 1.12 bits per heavy atom. The van der Waals surface area contributed by atoms with Gasteiger partial charge in [0, 0.05) is 5.69 Å². The van der Waals surface area contributed by atoms with E-state index in [1.165, 1.54) is 5.56 Å². The van der Waals surface area contributed by atoms with Gasteiger partial charge in [-0.05, 0) is 54.8 Å². The summed E-state index contributed by atoms with van der Waals surface area (Å²) in [5.74, 6) is 0.309. The normalized spacial score (nSPS) is 10.8. The molecule has 2 rings (SSSR count). The molecule has 0 radical (unpaired) electrons. The van der Waals surface area contributed by atoms with Crippen molar-refractivity contribution in [2.24, 2.45) is 0 Å². The van der Waals surface area contributed by atoms with Gasteiger partial charge in [-0.1, -0.05) is 31.2 Å². The van der Waals surface area contributed by atoms with E-state index in [-0.39, 0.29) is 5.57 Å². The third kappa shape index (κ3) is 4.72. The molecule has 0 bridgehead atoms. The number of anilines is 1. The Labute approximate surface area is 142 Å². The molecule has 0 spiro atoms. The van der Waals surface area contributed by atoms with Gasteiger partial charge >= 0.3 is 0 Å². The van der Waals surface area contributed by atoms with E-state index < -0.39 is 5.91 Å². The van der Waals surface area contributed by atoms with Crippen molar-refractivity contribution in [3.63, 3.8) is 0 Å². The minimum Gasteiger partial charge on any atom is -0.494 e. The van der Waals surface area contributed by atoms with E-state index in [2.05, 4.69) is 12.2 Å². The summed E-state index contributed by atoms with van der Waals surface area (Å²) in [5, 5.41) is 12.0. The number of nitrogens with zero attached hydrogens (tertiary/aromatic N) is 1. The molecule has 0 aliphatic rings. The summed E-state index contributed by atoms with van der Waals surface area (Å²) in [5.41, 5.74) is 2.72. The third-order valence-corrected chi connectivity index (χ3v) is 3.49. The fraction of sp³-hybridized carbons (Fsp3) is 0.200. The van der Waals surface area contributed by atoms with E-state index in [0.717, 1.165) is 17.7 Å². The van der Waals surface area contributed by atoms with Gasteiger partial charge in [0.05, 0.1) is 6.61 Å². The maximum atomic E-state index is 12.2. The lowest BCUT2D eigenvalue weighted by Crippen LogP contribution is -2.13. The maximum Gasteiger partial charge on any atom is 0.266 e. The molecule has 0 aromatic heterocycles. The first kappa shape index (κ1) is 17.3. The second-order valence-electron chi connectivity index (χ2n) is 5.18. The third-order valence-electron chi connectivity index (χ3n) is 3.49. The van der Waals surface area contributed by atoms with Gasteiger partial charge in [-0.2, -0.15) is 5.26 Å². The fourth-order valence-corrected chi connectivity index (χ4v) is 2.16. The molecular weight excluding hydrogens is 300 g/mol. The number of hydrogen-bond acceptors (Lipinski definition) is 3. The number of nitrogens with one attached hydrogen (secondary N) is 1. The summed E-state index contributed by atoms with van der Waals surface area (Å²) >= 11 is 0. The second-order valence-corrected chi connectivity index (χ2v) is 5.18. The second kappa shape index (κ2) is 8.54. The lowest BCUT2D eigenvalue weighted by atomic mass is 10.1. The molecule has 0 saturated carbocycles. The van der Waals surface area contributed by atoms with Crippen molar-refractivity contribution in [3.8, 4) is 11.8 Å². The molecule has 0 unspecified atom stereocenters. The van der Waals surface area contributed by atoms with Crippen LogP contribution in [0, 0.1) is 11.3 Å². The van der Waals surface area contributed by atoms with Crippen LogP contribution in [0.3, 0.4) is 0 Å². The topological polar surface area (TPSA) is 62.1 Å². The van der Waals surface area contributed by atoms with Crippen LogP contribution in [0.5, 0.6) is 5.75 Å². The highest BCUT2D eigenvalue weighted by atomic mass is 16.5. The molecule has 1 N–H and O–H groups in total. The number of benzene rings is 2. The first-order valence-corrected chi connectivity index (χ1v) is 7.91. The SMILES string of the molecule is CCOc1ccc(NC(=O)/C(C#N)=C/c2ccc(CC)cc2)cc1. The van der Waals surface area contributed by atoms with E-state index in [1.54, 1.807) is 30.3 Å². The Kier molecular flexibility index (Phi) is 6.16. The molecule has 2 aromatic carbocycles. The van der Waals surface area contributed by atoms with Crippen LogP contribution in [0.15, 0.2) is 54.1 Å². The van der Waals surface area contributed by atoms with Crippen LogP contribution in [0.2, 0.25) is 0 Å². The molecule has 4 heteroatoms. The molecule has 122 valence electrons. The molecule has 0 saturated heterocycles. The molecule has 0 aliphatic carbocycles. The summed E-state index contributed by atoms with van der Waals surface area (Å²) < 4.78 is 5.36. The lowest BCUT2D eigenvalue weighted by molar-refractivity contribution is -0.112. The average Bonchev–Trinajstić information content (AvgIpc) is 2.62. The van der Waals surface area contributed by atoms with Gasteiger partial charge in [0.1, 0.15) is 17.4 Å². The predicted octanol–water partition coefficient (Wildman–Crippen LogP) is 4.19. The number of ether oxygens (including phenoxy) is 1. The van der Waals surface area contributed by atoms with Gasteiger partial charge in [-0.15, -0.1) is 0 Å². The van der Waals surface area contributed by atoms with Crippen LogP contribution in [-0.4, -0.2) is 12.5 Å². The van der Waals surface area contributed by atoms with Crippen molar-refractivity contribution in [2.45, 2.75) is 20.3 Å². The molecule has 0 aliphatic heterocycles. The summed E-state index contributed by atoms with van der Waals surface area (Å²) in [6.07, 6.45) is 2.54. The number of carbonyl (C=O) groups excluding carboxylic acids is 1. The van der Waals surface area contributed by atoms with Crippen molar-refractivity contribution in [1.29, 1.82) is 5.26 Å². The Morgan fingerprint density at radius 3 is 2.33 bits per heavy atom.